The number of amides is 1. The molecule has 0 bridgehead atoms. The van der Waals surface area contributed by atoms with E-state index in [1.807, 2.05) is 4.57 Å². The molecule has 0 radical (unpaired) electrons. The molecule has 2 fully saturated rings. The molecule has 3 rings (SSSR count). The SMILES string of the molecule is O=C(NC1(C(=O)O)CCCC1)c1cc(Cl)cn1C1CC1. The fourth-order valence-corrected chi connectivity index (χ4v) is 3.14. The lowest BCUT2D eigenvalue weighted by Gasteiger charge is -2.25. The number of rotatable bonds is 4. The van der Waals surface area contributed by atoms with E-state index in [2.05, 4.69) is 5.32 Å². The molecule has 1 heterocycles. The Morgan fingerprint density at radius 3 is 2.55 bits per heavy atom. The minimum Gasteiger partial charge on any atom is -0.480 e. The van der Waals surface area contributed by atoms with Crippen LogP contribution in [-0.2, 0) is 4.79 Å². The second-order valence-electron chi connectivity index (χ2n) is 5.73. The van der Waals surface area contributed by atoms with Crippen LogP contribution in [0, 0.1) is 0 Å². The number of carbonyl (C=O) groups excluding carboxylic acids is 1. The Bertz CT molecular complexity index is 557. The summed E-state index contributed by atoms with van der Waals surface area (Å²) in [7, 11) is 0. The summed E-state index contributed by atoms with van der Waals surface area (Å²) in [6, 6.07) is 1.94. The fourth-order valence-electron chi connectivity index (χ4n) is 2.93. The van der Waals surface area contributed by atoms with Crippen molar-refractivity contribution in [3.63, 3.8) is 0 Å². The number of hydrogen-bond acceptors (Lipinski definition) is 2. The largest absolute Gasteiger partial charge is 0.480 e. The lowest BCUT2D eigenvalue weighted by Crippen LogP contribution is -2.52. The Morgan fingerprint density at radius 1 is 1.35 bits per heavy atom. The predicted octanol–water partition coefficient (Wildman–Crippen LogP) is 2.60. The molecule has 2 saturated carbocycles. The van der Waals surface area contributed by atoms with E-state index in [9.17, 15) is 14.7 Å². The maximum atomic E-state index is 12.4. The Hall–Kier alpha value is -1.49. The van der Waals surface area contributed by atoms with Gasteiger partial charge < -0.3 is 15.0 Å². The van der Waals surface area contributed by atoms with Gasteiger partial charge in [-0.1, -0.05) is 24.4 Å². The first-order valence-corrected chi connectivity index (χ1v) is 7.33. The first-order valence-electron chi connectivity index (χ1n) is 6.95. The molecule has 0 unspecified atom stereocenters. The topological polar surface area (TPSA) is 71.3 Å². The molecule has 1 aromatic heterocycles. The molecular weight excluding hydrogens is 280 g/mol. The fraction of sp³-hybridized carbons (Fsp3) is 0.571. The molecule has 0 atom stereocenters. The van der Waals surface area contributed by atoms with Gasteiger partial charge in [-0.15, -0.1) is 0 Å². The molecule has 0 saturated heterocycles. The summed E-state index contributed by atoms with van der Waals surface area (Å²) >= 11 is 5.98. The molecule has 108 valence electrons. The van der Waals surface area contributed by atoms with E-state index >= 15 is 0 Å². The summed E-state index contributed by atoms with van der Waals surface area (Å²) in [6.45, 7) is 0. The molecule has 2 aliphatic rings. The summed E-state index contributed by atoms with van der Waals surface area (Å²) in [5.74, 6) is -1.29. The maximum Gasteiger partial charge on any atom is 0.329 e. The molecule has 1 aromatic rings. The van der Waals surface area contributed by atoms with Gasteiger partial charge in [0.25, 0.3) is 5.91 Å². The van der Waals surface area contributed by atoms with Crippen LogP contribution in [0.15, 0.2) is 12.3 Å². The van der Waals surface area contributed by atoms with Gasteiger partial charge in [0.2, 0.25) is 0 Å². The van der Waals surface area contributed by atoms with Crippen molar-refractivity contribution in [1.29, 1.82) is 0 Å². The second-order valence-corrected chi connectivity index (χ2v) is 6.17. The first kappa shape index (κ1) is 13.5. The van der Waals surface area contributed by atoms with Gasteiger partial charge in [-0.05, 0) is 31.7 Å². The number of hydrogen-bond donors (Lipinski definition) is 2. The standard InChI is InChI=1S/C14H17ClN2O3/c15-9-7-11(17(8-9)10-3-4-10)12(18)16-14(13(19)20)5-1-2-6-14/h7-8,10H,1-6H2,(H,16,18)(H,19,20). The molecule has 0 aliphatic heterocycles. The van der Waals surface area contributed by atoms with Crippen LogP contribution in [0.2, 0.25) is 5.02 Å². The van der Waals surface area contributed by atoms with Crippen LogP contribution in [0.1, 0.15) is 55.1 Å². The number of aromatic nitrogens is 1. The van der Waals surface area contributed by atoms with E-state index in [0.29, 0.717) is 29.6 Å². The summed E-state index contributed by atoms with van der Waals surface area (Å²) in [4.78, 5) is 23.9. The van der Waals surface area contributed by atoms with Crippen LogP contribution in [0.5, 0.6) is 0 Å². The minimum atomic E-state index is -1.11. The third kappa shape index (κ3) is 2.30. The van der Waals surface area contributed by atoms with Gasteiger partial charge in [0, 0.05) is 12.2 Å². The number of carboxylic acid groups (broad SMARTS) is 1. The number of carbonyl (C=O) groups is 2. The van der Waals surface area contributed by atoms with Crippen LogP contribution in [-0.4, -0.2) is 27.1 Å². The zero-order valence-electron chi connectivity index (χ0n) is 11.1. The molecule has 1 amide bonds. The Balaban J connectivity index is 1.84. The van der Waals surface area contributed by atoms with Gasteiger partial charge in [0.15, 0.2) is 0 Å². The van der Waals surface area contributed by atoms with Gasteiger partial charge in [0.05, 0.1) is 5.02 Å². The third-order valence-electron chi connectivity index (χ3n) is 4.21. The highest BCUT2D eigenvalue weighted by atomic mass is 35.5. The summed E-state index contributed by atoms with van der Waals surface area (Å²) < 4.78 is 1.86. The summed E-state index contributed by atoms with van der Waals surface area (Å²) in [6.07, 6.45) is 6.47. The van der Waals surface area contributed by atoms with Crippen molar-refractivity contribution in [3.8, 4) is 0 Å². The molecule has 0 aromatic carbocycles. The van der Waals surface area contributed by atoms with E-state index in [0.717, 1.165) is 25.7 Å². The summed E-state index contributed by atoms with van der Waals surface area (Å²) in [5, 5.41) is 12.6. The van der Waals surface area contributed by atoms with E-state index in [1.165, 1.54) is 0 Å². The van der Waals surface area contributed by atoms with E-state index in [4.69, 9.17) is 11.6 Å². The molecule has 0 spiro atoms. The highest BCUT2D eigenvalue weighted by Crippen LogP contribution is 2.38. The average Bonchev–Trinajstić information content (AvgIpc) is 3.00. The predicted molar refractivity (Wildman–Crippen MR) is 74.0 cm³/mol. The maximum absolute atomic E-state index is 12.4. The van der Waals surface area contributed by atoms with Crippen molar-refractivity contribution >= 4 is 23.5 Å². The van der Waals surface area contributed by atoms with Crippen LogP contribution in [0.25, 0.3) is 0 Å². The normalized spacial score (nSPS) is 20.9. The van der Waals surface area contributed by atoms with Gasteiger partial charge in [0.1, 0.15) is 11.2 Å². The molecule has 20 heavy (non-hydrogen) atoms. The molecule has 5 nitrogen and oxygen atoms in total. The monoisotopic (exact) mass is 296 g/mol. The molecule has 2 N–H and O–H groups in total. The van der Waals surface area contributed by atoms with Crippen molar-refractivity contribution in [3.05, 3.63) is 23.0 Å². The van der Waals surface area contributed by atoms with Gasteiger partial charge in [-0.3, -0.25) is 4.79 Å². The van der Waals surface area contributed by atoms with E-state index in [1.54, 1.807) is 12.3 Å². The zero-order valence-corrected chi connectivity index (χ0v) is 11.8. The summed E-state index contributed by atoms with van der Waals surface area (Å²) in [5.41, 5.74) is -0.646. The van der Waals surface area contributed by atoms with Crippen LogP contribution in [0.3, 0.4) is 0 Å². The number of halogens is 1. The van der Waals surface area contributed by atoms with Gasteiger partial charge in [-0.2, -0.15) is 0 Å². The lowest BCUT2D eigenvalue weighted by atomic mass is 9.97. The van der Waals surface area contributed by atoms with Crippen molar-refractivity contribution in [2.75, 3.05) is 0 Å². The average molecular weight is 297 g/mol. The van der Waals surface area contributed by atoms with Crippen molar-refractivity contribution in [2.45, 2.75) is 50.1 Å². The van der Waals surface area contributed by atoms with Gasteiger partial charge in [-0.25, -0.2) is 4.79 Å². The number of carboxylic acids is 1. The minimum absolute atomic E-state index is 0.326. The van der Waals surface area contributed by atoms with Crippen LogP contribution in [0.4, 0.5) is 0 Å². The number of nitrogens with zero attached hydrogens (tertiary/aromatic N) is 1. The first-order chi connectivity index (χ1) is 9.52. The Kier molecular flexibility index (Phi) is 3.24. The highest BCUT2D eigenvalue weighted by molar-refractivity contribution is 6.31. The zero-order chi connectivity index (χ0) is 14.3. The van der Waals surface area contributed by atoms with Gasteiger partial charge >= 0.3 is 5.97 Å². The quantitative estimate of drug-likeness (QED) is 0.897. The lowest BCUT2D eigenvalue weighted by molar-refractivity contribution is -0.144. The third-order valence-corrected chi connectivity index (χ3v) is 4.41. The highest BCUT2D eigenvalue weighted by Gasteiger charge is 2.43. The number of nitrogens with one attached hydrogen (secondary N) is 1. The van der Waals surface area contributed by atoms with E-state index in [-0.39, 0.29) is 5.91 Å². The smallest absolute Gasteiger partial charge is 0.329 e. The van der Waals surface area contributed by atoms with Crippen molar-refractivity contribution < 1.29 is 14.7 Å². The van der Waals surface area contributed by atoms with Crippen molar-refractivity contribution in [2.24, 2.45) is 0 Å². The van der Waals surface area contributed by atoms with E-state index < -0.39 is 11.5 Å². The van der Waals surface area contributed by atoms with Crippen LogP contribution < -0.4 is 5.32 Å². The Morgan fingerprint density at radius 2 is 2.00 bits per heavy atom. The van der Waals surface area contributed by atoms with Crippen LogP contribution >= 0.6 is 11.6 Å². The molecule has 2 aliphatic carbocycles. The second kappa shape index (κ2) is 4.81. The molecule has 6 heteroatoms. The molecular formula is C14H17ClN2O3. The van der Waals surface area contributed by atoms with Crippen molar-refractivity contribution in [1.82, 2.24) is 9.88 Å². The Labute approximate surface area is 121 Å². The number of aliphatic carboxylic acids is 1.